The molecule has 4 nitrogen and oxygen atoms in total. The Labute approximate surface area is 107 Å². The molecule has 0 bridgehead atoms. The lowest BCUT2D eigenvalue weighted by molar-refractivity contribution is 0.833. The zero-order chi connectivity index (χ0) is 13.0. The van der Waals surface area contributed by atoms with Gasteiger partial charge in [0, 0.05) is 11.9 Å². The maximum Gasteiger partial charge on any atom is 0.186 e. The minimum Gasteiger partial charge on any atom is -0.382 e. The van der Waals surface area contributed by atoms with Gasteiger partial charge in [-0.2, -0.15) is 5.26 Å². The van der Waals surface area contributed by atoms with Gasteiger partial charge in [-0.25, -0.2) is 0 Å². The van der Waals surface area contributed by atoms with Gasteiger partial charge >= 0.3 is 0 Å². The third kappa shape index (κ3) is 2.40. The summed E-state index contributed by atoms with van der Waals surface area (Å²) < 4.78 is 0. The lowest BCUT2D eigenvalue weighted by atomic mass is 10.1. The molecule has 0 unspecified atom stereocenters. The van der Waals surface area contributed by atoms with Crippen LogP contribution in [0.25, 0.3) is 10.9 Å². The van der Waals surface area contributed by atoms with Crippen LogP contribution in [0.1, 0.15) is 31.0 Å². The van der Waals surface area contributed by atoms with Crippen LogP contribution in [0.15, 0.2) is 18.2 Å². The monoisotopic (exact) mass is 240 g/mol. The number of fused-ring (bicyclic) bond motifs is 1. The summed E-state index contributed by atoms with van der Waals surface area (Å²) in [6.07, 6.45) is 2.19. The Kier molecular flexibility index (Phi) is 3.73. The smallest absolute Gasteiger partial charge is 0.186 e. The SMILES string of the molecule is CCCCNc1c(C#N)nnc2ccc(C)cc12. The molecular weight excluding hydrogens is 224 g/mol. The molecule has 0 spiro atoms. The van der Waals surface area contributed by atoms with Crippen LogP contribution in [0.2, 0.25) is 0 Å². The number of aromatic nitrogens is 2. The summed E-state index contributed by atoms with van der Waals surface area (Å²) in [5.41, 5.74) is 3.14. The summed E-state index contributed by atoms with van der Waals surface area (Å²) in [6.45, 7) is 5.02. The summed E-state index contributed by atoms with van der Waals surface area (Å²) in [5.74, 6) is 0. The number of nitrogens with one attached hydrogen (secondary N) is 1. The molecular formula is C14H16N4. The van der Waals surface area contributed by atoms with Gasteiger partial charge in [0.25, 0.3) is 0 Å². The van der Waals surface area contributed by atoms with Crippen LogP contribution < -0.4 is 5.32 Å². The highest BCUT2D eigenvalue weighted by atomic mass is 15.1. The Hall–Kier alpha value is -2.15. The van der Waals surface area contributed by atoms with Gasteiger partial charge in [0.05, 0.1) is 11.2 Å². The van der Waals surface area contributed by atoms with E-state index in [-0.39, 0.29) is 0 Å². The zero-order valence-corrected chi connectivity index (χ0v) is 10.7. The summed E-state index contributed by atoms with van der Waals surface area (Å²) in [5, 5.41) is 21.4. The van der Waals surface area contributed by atoms with E-state index < -0.39 is 0 Å². The minimum absolute atomic E-state index is 0.365. The standard InChI is InChI=1S/C14H16N4/c1-3-4-7-16-14-11-8-10(2)5-6-12(11)17-18-13(14)9-15/h5-6,8H,3-4,7H2,1-2H3,(H,16,17). The molecule has 0 radical (unpaired) electrons. The molecule has 0 aliphatic rings. The number of rotatable bonds is 4. The molecule has 1 aromatic heterocycles. The predicted molar refractivity (Wildman–Crippen MR) is 72.4 cm³/mol. The molecule has 1 heterocycles. The van der Waals surface area contributed by atoms with Gasteiger partial charge in [-0.15, -0.1) is 10.2 Å². The molecule has 0 atom stereocenters. The number of nitrogens with zero attached hydrogens (tertiary/aromatic N) is 3. The van der Waals surface area contributed by atoms with Crippen molar-refractivity contribution in [2.45, 2.75) is 26.7 Å². The van der Waals surface area contributed by atoms with E-state index in [0.717, 1.165) is 41.5 Å². The molecule has 0 aliphatic carbocycles. The first kappa shape index (κ1) is 12.3. The molecule has 18 heavy (non-hydrogen) atoms. The number of hydrogen-bond donors (Lipinski definition) is 1. The average Bonchev–Trinajstić information content (AvgIpc) is 2.39. The first-order valence-corrected chi connectivity index (χ1v) is 6.17. The number of benzene rings is 1. The van der Waals surface area contributed by atoms with Crippen LogP contribution in [0.4, 0.5) is 5.69 Å². The lowest BCUT2D eigenvalue weighted by Crippen LogP contribution is -2.06. The fraction of sp³-hybridized carbons (Fsp3) is 0.357. The van der Waals surface area contributed by atoms with Crippen molar-refractivity contribution in [2.24, 2.45) is 0 Å². The van der Waals surface area contributed by atoms with E-state index in [0.29, 0.717) is 5.69 Å². The summed E-state index contributed by atoms with van der Waals surface area (Å²) >= 11 is 0. The Morgan fingerprint density at radius 2 is 2.17 bits per heavy atom. The molecule has 1 aromatic carbocycles. The Bertz CT molecular complexity index is 599. The van der Waals surface area contributed by atoms with Crippen molar-refractivity contribution in [1.82, 2.24) is 10.2 Å². The first-order chi connectivity index (χ1) is 8.76. The second-order valence-corrected chi connectivity index (χ2v) is 4.34. The molecule has 0 saturated heterocycles. The first-order valence-electron chi connectivity index (χ1n) is 6.17. The quantitative estimate of drug-likeness (QED) is 0.834. The number of nitriles is 1. The number of aryl methyl sites for hydroxylation is 1. The van der Waals surface area contributed by atoms with Crippen molar-refractivity contribution in [2.75, 3.05) is 11.9 Å². The third-order valence-electron chi connectivity index (χ3n) is 2.85. The molecule has 0 amide bonds. The van der Waals surface area contributed by atoms with Crippen molar-refractivity contribution in [1.29, 1.82) is 5.26 Å². The molecule has 0 aliphatic heterocycles. The molecule has 92 valence electrons. The van der Waals surface area contributed by atoms with E-state index in [2.05, 4.69) is 28.5 Å². The molecule has 2 aromatic rings. The van der Waals surface area contributed by atoms with Gasteiger partial charge in [0.1, 0.15) is 6.07 Å². The summed E-state index contributed by atoms with van der Waals surface area (Å²) in [7, 11) is 0. The van der Waals surface area contributed by atoms with E-state index in [1.54, 1.807) is 0 Å². The topological polar surface area (TPSA) is 61.6 Å². The molecule has 0 saturated carbocycles. The summed E-state index contributed by atoms with van der Waals surface area (Å²) in [4.78, 5) is 0. The average molecular weight is 240 g/mol. The van der Waals surface area contributed by atoms with E-state index in [4.69, 9.17) is 5.26 Å². The van der Waals surface area contributed by atoms with E-state index in [9.17, 15) is 0 Å². The van der Waals surface area contributed by atoms with E-state index >= 15 is 0 Å². The molecule has 0 fully saturated rings. The van der Waals surface area contributed by atoms with Crippen LogP contribution >= 0.6 is 0 Å². The van der Waals surface area contributed by atoms with E-state index in [1.807, 2.05) is 25.1 Å². The largest absolute Gasteiger partial charge is 0.382 e. The normalized spacial score (nSPS) is 10.3. The fourth-order valence-corrected chi connectivity index (χ4v) is 1.87. The minimum atomic E-state index is 0.365. The van der Waals surface area contributed by atoms with Gasteiger partial charge in [-0.3, -0.25) is 0 Å². The second kappa shape index (κ2) is 5.46. The van der Waals surface area contributed by atoms with Crippen molar-refractivity contribution < 1.29 is 0 Å². The van der Waals surface area contributed by atoms with Crippen molar-refractivity contribution in [3.8, 4) is 6.07 Å². The van der Waals surface area contributed by atoms with Crippen molar-refractivity contribution >= 4 is 16.6 Å². The molecule has 4 heteroatoms. The molecule has 2 rings (SSSR count). The highest BCUT2D eigenvalue weighted by Gasteiger charge is 2.09. The predicted octanol–water partition coefficient (Wildman–Crippen LogP) is 3.02. The van der Waals surface area contributed by atoms with Gasteiger partial charge in [0.15, 0.2) is 5.69 Å². The highest BCUT2D eigenvalue weighted by molar-refractivity contribution is 5.93. The second-order valence-electron chi connectivity index (χ2n) is 4.34. The summed E-state index contributed by atoms with van der Waals surface area (Å²) in [6, 6.07) is 8.07. The fourth-order valence-electron chi connectivity index (χ4n) is 1.87. The van der Waals surface area contributed by atoms with Gasteiger partial charge < -0.3 is 5.32 Å². The van der Waals surface area contributed by atoms with Crippen LogP contribution in [-0.4, -0.2) is 16.7 Å². The highest BCUT2D eigenvalue weighted by Crippen LogP contribution is 2.25. The van der Waals surface area contributed by atoms with Crippen molar-refractivity contribution in [3.05, 3.63) is 29.5 Å². The Morgan fingerprint density at radius 1 is 1.33 bits per heavy atom. The van der Waals surface area contributed by atoms with E-state index in [1.165, 1.54) is 0 Å². The Balaban J connectivity index is 2.50. The Morgan fingerprint density at radius 3 is 2.89 bits per heavy atom. The van der Waals surface area contributed by atoms with Crippen LogP contribution in [0, 0.1) is 18.3 Å². The number of anilines is 1. The third-order valence-corrected chi connectivity index (χ3v) is 2.85. The lowest BCUT2D eigenvalue weighted by Gasteiger charge is -2.10. The van der Waals surface area contributed by atoms with Crippen molar-refractivity contribution in [3.63, 3.8) is 0 Å². The van der Waals surface area contributed by atoms with Crippen LogP contribution in [-0.2, 0) is 0 Å². The van der Waals surface area contributed by atoms with Gasteiger partial charge in [0.2, 0.25) is 0 Å². The van der Waals surface area contributed by atoms with Crippen LogP contribution in [0.5, 0.6) is 0 Å². The molecule has 1 N–H and O–H groups in total. The maximum atomic E-state index is 9.11. The van der Waals surface area contributed by atoms with Crippen LogP contribution in [0.3, 0.4) is 0 Å². The van der Waals surface area contributed by atoms with Gasteiger partial charge in [-0.1, -0.05) is 25.0 Å². The zero-order valence-electron chi connectivity index (χ0n) is 10.7. The number of unbranched alkanes of at least 4 members (excludes halogenated alkanes) is 1. The van der Waals surface area contributed by atoms with Gasteiger partial charge in [-0.05, 0) is 25.5 Å². The number of hydrogen-bond acceptors (Lipinski definition) is 4. The maximum absolute atomic E-state index is 9.11.